The van der Waals surface area contributed by atoms with Crippen molar-refractivity contribution in [3.05, 3.63) is 51.6 Å². The van der Waals surface area contributed by atoms with Crippen molar-refractivity contribution in [3.63, 3.8) is 0 Å². The van der Waals surface area contributed by atoms with Crippen LogP contribution in [0.15, 0.2) is 47.6 Å². The van der Waals surface area contributed by atoms with Gasteiger partial charge in [-0.1, -0.05) is 0 Å². The molecule has 0 spiro atoms. The van der Waals surface area contributed by atoms with E-state index in [4.69, 9.17) is 4.74 Å². The number of nitrogens with one attached hydrogen (secondary N) is 3. The number of nitrogens with zero attached hydrogens (tertiary/aromatic N) is 1. The van der Waals surface area contributed by atoms with Gasteiger partial charge in [0.1, 0.15) is 5.75 Å². The number of halogens is 1. The zero-order valence-corrected chi connectivity index (χ0v) is 15.7. The minimum Gasteiger partial charge on any atom is -0.409 e. The summed E-state index contributed by atoms with van der Waals surface area (Å²) in [5, 5.41) is 9.13. The van der Waals surface area contributed by atoms with Crippen LogP contribution in [0.3, 0.4) is 0 Å². The number of anilines is 2. The second kappa shape index (κ2) is 7.52. The van der Waals surface area contributed by atoms with Gasteiger partial charge in [-0.25, -0.2) is 10.2 Å². The molecule has 0 atom stereocenters. The predicted molar refractivity (Wildman–Crippen MR) is 104 cm³/mol. The molecule has 1 aliphatic heterocycles. The van der Waals surface area contributed by atoms with Crippen LogP contribution in [0.4, 0.5) is 16.2 Å². The molecule has 1 aliphatic rings. The third-order valence-corrected chi connectivity index (χ3v) is 4.02. The standard InChI is InChI=1S/C17H13IN4O4/c1-9(23)19-11-3-5-12(6-4-11)26-17(25)22-21-15-13-8-10(18)2-7-14(13)20-16(15)24/h2-8H,1H3,(H,19,23)(H,22,25)(H,20,21,24). The van der Waals surface area contributed by atoms with Gasteiger partial charge in [0.15, 0.2) is 5.71 Å². The summed E-state index contributed by atoms with van der Waals surface area (Å²) in [4.78, 5) is 34.8. The quantitative estimate of drug-likeness (QED) is 0.480. The minimum atomic E-state index is -0.836. The fraction of sp³-hybridized carbons (Fsp3) is 0.0588. The summed E-state index contributed by atoms with van der Waals surface area (Å²) in [6, 6.07) is 11.7. The van der Waals surface area contributed by atoms with Gasteiger partial charge in [-0.15, -0.1) is 0 Å². The molecule has 1 heterocycles. The van der Waals surface area contributed by atoms with E-state index in [1.54, 1.807) is 24.3 Å². The molecule has 2 aromatic carbocycles. The monoisotopic (exact) mass is 464 g/mol. The molecule has 3 amide bonds. The second-order valence-electron chi connectivity index (χ2n) is 5.31. The van der Waals surface area contributed by atoms with Gasteiger partial charge in [0.25, 0.3) is 5.91 Å². The first-order valence-corrected chi connectivity index (χ1v) is 8.54. The maximum atomic E-state index is 12.0. The number of hydrogen-bond acceptors (Lipinski definition) is 5. The van der Waals surface area contributed by atoms with E-state index in [-0.39, 0.29) is 17.4 Å². The van der Waals surface area contributed by atoms with Crippen molar-refractivity contribution in [3.8, 4) is 5.75 Å². The highest BCUT2D eigenvalue weighted by Crippen LogP contribution is 2.25. The molecule has 3 N–H and O–H groups in total. The number of benzene rings is 2. The molecule has 0 saturated heterocycles. The first-order chi connectivity index (χ1) is 12.4. The summed E-state index contributed by atoms with van der Waals surface area (Å²) in [5.41, 5.74) is 4.14. The summed E-state index contributed by atoms with van der Waals surface area (Å²) < 4.78 is 6.02. The van der Waals surface area contributed by atoms with Gasteiger partial charge in [-0.05, 0) is 65.1 Å². The molecule has 0 unspecified atom stereocenters. The number of carbonyl (C=O) groups is 3. The Morgan fingerprint density at radius 1 is 1.15 bits per heavy atom. The molecular formula is C17H13IN4O4. The summed E-state index contributed by atoms with van der Waals surface area (Å²) in [5.74, 6) is -0.332. The minimum absolute atomic E-state index is 0.108. The van der Waals surface area contributed by atoms with Crippen molar-refractivity contribution in [2.75, 3.05) is 10.6 Å². The Hall–Kier alpha value is -2.95. The van der Waals surface area contributed by atoms with E-state index in [1.807, 2.05) is 6.07 Å². The predicted octanol–water partition coefficient (Wildman–Crippen LogP) is 2.69. The fourth-order valence-electron chi connectivity index (χ4n) is 2.28. The molecule has 0 saturated carbocycles. The lowest BCUT2D eigenvalue weighted by Crippen LogP contribution is -2.26. The number of ether oxygens (including phenoxy) is 1. The molecular weight excluding hydrogens is 451 g/mol. The van der Waals surface area contributed by atoms with Crippen molar-refractivity contribution in [1.82, 2.24) is 5.43 Å². The number of amides is 3. The highest BCUT2D eigenvalue weighted by molar-refractivity contribution is 14.1. The van der Waals surface area contributed by atoms with Crippen LogP contribution in [-0.4, -0.2) is 23.6 Å². The van der Waals surface area contributed by atoms with Crippen LogP contribution >= 0.6 is 22.6 Å². The average Bonchev–Trinajstić information content (AvgIpc) is 2.89. The van der Waals surface area contributed by atoms with Crippen LogP contribution in [0.1, 0.15) is 12.5 Å². The molecule has 3 rings (SSSR count). The van der Waals surface area contributed by atoms with Crippen LogP contribution in [0, 0.1) is 3.57 Å². The first-order valence-electron chi connectivity index (χ1n) is 7.47. The van der Waals surface area contributed by atoms with Crippen LogP contribution < -0.4 is 20.8 Å². The first kappa shape index (κ1) is 17.9. The van der Waals surface area contributed by atoms with E-state index in [0.717, 1.165) is 3.57 Å². The zero-order valence-electron chi connectivity index (χ0n) is 13.5. The van der Waals surface area contributed by atoms with Crippen molar-refractivity contribution in [2.24, 2.45) is 5.10 Å². The molecule has 132 valence electrons. The lowest BCUT2D eigenvalue weighted by Gasteiger charge is -2.05. The van der Waals surface area contributed by atoms with E-state index in [1.165, 1.54) is 19.1 Å². The fourth-order valence-corrected chi connectivity index (χ4v) is 2.77. The molecule has 0 radical (unpaired) electrons. The lowest BCUT2D eigenvalue weighted by molar-refractivity contribution is -0.114. The Labute approximate surface area is 162 Å². The van der Waals surface area contributed by atoms with Crippen molar-refractivity contribution in [1.29, 1.82) is 0 Å². The summed E-state index contributed by atoms with van der Waals surface area (Å²) in [6.07, 6.45) is -0.836. The number of hydrogen-bond donors (Lipinski definition) is 3. The molecule has 0 bridgehead atoms. The Balaban J connectivity index is 1.66. The van der Waals surface area contributed by atoms with Crippen LogP contribution in [0.25, 0.3) is 0 Å². The molecule has 0 aliphatic carbocycles. The SMILES string of the molecule is CC(=O)Nc1ccc(OC(=O)N/N=C2\C(=O)Nc3ccc(I)cc32)cc1. The van der Waals surface area contributed by atoms with Gasteiger partial charge < -0.3 is 15.4 Å². The Morgan fingerprint density at radius 3 is 2.58 bits per heavy atom. The summed E-state index contributed by atoms with van der Waals surface area (Å²) >= 11 is 2.12. The van der Waals surface area contributed by atoms with E-state index in [0.29, 0.717) is 16.9 Å². The van der Waals surface area contributed by atoms with Gasteiger partial charge in [0.2, 0.25) is 5.91 Å². The van der Waals surface area contributed by atoms with Gasteiger partial charge in [-0.2, -0.15) is 5.10 Å². The normalized spacial score (nSPS) is 13.8. The van der Waals surface area contributed by atoms with E-state index < -0.39 is 12.0 Å². The zero-order chi connectivity index (χ0) is 18.7. The van der Waals surface area contributed by atoms with Crippen molar-refractivity contribution >= 4 is 57.6 Å². The Kier molecular flexibility index (Phi) is 5.16. The lowest BCUT2D eigenvalue weighted by atomic mass is 10.1. The van der Waals surface area contributed by atoms with Crippen LogP contribution in [-0.2, 0) is 9.59 Å². The molecule has 9 heteroatoms. The molecule has 26 heavy (non-hydrogen) atoms. The van der Waals surface area contributed by atoms with Crippen LogP contribution in [0.5, 0.6) is 5.75 Å². The van der Waals surface area contributed by atoms with Crippen molar-refractivity contribution in [2.45, 2.75) is 6.92 Å². The van der Waals surface area contributed by atoms with E-state index in [9.17, 15) is 14.4 Å². The maximum absolute atomic E-state index is 12.0. The third kappa shape index (κ3) is 4.17. The van der Waals surface area contributed by atoms with E-state index >= 15 is 0 Å². The van der Waals surface area contributed by atoms with Gasteiger partial charge in [0.05, 0.1) is 5.69 Å². The van der Waals surface area contributed by atoms with E-state index in [2.05, 4.69) is 43.8 Å². The highest BCUT2D eigenvalue weighted by atomic mass is 127. The average molecular weight is 464 g/mol. The number of rotatable bonds is 3. The molecule has 0 aromatic heterocycles. The highest BCUT2D eigenvalue weighted by Gasteiger charge is 2.26. The maximum Gasteiger partial charge on any atom is 0.433 e. The largest absolute Gasteiger partial charge is 0.433 e. The number of hydrazone groups is 1. The Morgan fingerprint density at radius 2 is 1.88 bits per heavy atom. The summed E-state index contributed by atoms with van der Waals surface area (Å²) in [7, 11) is 0. The molecule has 2 aromatic rings. The third-order valence-electron chi connectivity index (χ3n) is 3.34. The molecule has 8 nitrogen and oxygen atoms in total. The number of fused-ring (bicyclic) bond motifs is 1. The van der Waals surface area contributed by atoms with Crippen molar-refractivity contribution < 1.29 is 19.1 Å². The van der Waals surface area contributed by atoms with Crippen LogP contribution in [0.2, 0.25) is 0 Å². The van der Waals surface area contributed by atoms with Gasteiger partial charge >= 0.3 is 6.09 Å². The summed E-state index contributed by atoms with van der Waals surface area (Å²) in [6.45, 7) is 1.40. The molecule has 0 fully saturated rings. The number of carbonyl (C=O) groups excluding carboxylic acids is 3. The van der Waals surface area contributed by atoms with Gasteiger partial charge in [0, 0.05) is 21.7 Å². The Bertz CT molecular complexity index is 925. The van der Waals surface area contributed by atoms with Gasteiger partial charge in [-0.3, -0.25) is 9.59 Å². The topological polar surface area (TPSA) is 109 Å². The second-order valence-corrected chi connectivity index (χ2v) is 6.56. The smallest absolute Gasteiger partial charge is 0.409 e.